The molecule has 2 aliphatic heterocycles. The Morgan fingerprint density at radius 3 is 2.86 bits per heavy atom. The zero-order valence-electron chi connectivity index (χ0n) is 12.4. The van der Waals surface area contributed by atoms with Gasteiger partial charge in [0.1, 0.15) is 11.9 Å². The maximum absolute atomic E-state index is 12.4. The second kappa shape index (κ2) is 5.89. The van der Waals surface area contributed by atoms with E-state index < -0.39 is 22.0 Å². The monoisotopic (exact) mass is 325 g/mol. The van der Waals surface area contributed by atoms with E-state index in [1.165, 1.54) is 6.07 Å². The summed E-state index contributed by atoms with van der Waals surface area (Å²) in [6.45, 7) is 3.00. The molecule has 1 saturated heterocycles. The van der Waals surface area contributed by atoms with Gasteiger partial charge in [-0.05, 0) is 48.9 Å². The fourth-order valence-corrected chi connectivity index (χ4v) is 3.83. The molecule has 0 bridgehead atoms. The van der Waals surface area contributed by atoms with Crippen LogP contribution in [0.2, 0.25) is 0 Å². The first kappa shape index (κ1) is 15.3. The van der Waals surface area contributed by atoms with Crippen LogP contribution >= 0.6 is 0 Å². The Hall–Kier alpha value is -1.60. The highest BCUT2D eigenvalue weighted by Gasteiger charge is 2.33. The van der Waals surface area contributed by atoms with Gasteiger partial charge in [-0.3, -0.25) is 4.79 Å². The summed E-state index contributed by atoms with van der Waals surface area (Å²) in [5.74, 6) is 0.135. The van der Waals surface area contributed by atoms with Gasteiger partial charge in [0.05, 0.1) is 11.5 Å². The van der Waals surface area contributed by atoms with Gasteiger partial charge in [-0.25, -0.2) is 13.1 Å². The van der Waals surface area contributed by atoms with E-state index in [2.05, 4.69) is 4.72 Å². The van der Waals surface area contributed by atoms with Crippen LogP contribution in [0.4, 0.5) is 0 Å². The molecule has 3 rings (SSSR count). The maximum atomic E-state index is 12.4. The highest BCUT2D eigenvalue weighted by Crippen LogP contribution is 2.27. The molecule has 1 aromatic rings. The smallest absolute Gasteiger partial charge is 0.264 e. The van der Waals surface area contributed by atoms with E-state index in [4.69, 9.17) is 9.47 Å². The number of hydrogen-bond acceptors (Lipinski definition) is 5. The number of carbonyl (C=O) groups is 1. The summed E-state index contributed by atoms with van der Waals surface area (Å²) in [6.07, 6.45) is 1.69. The third-order valence-electron chi connectivity index (χ3n) is 4.07. The quantitative estimate of drug-likeness (QED) is 0.904. The van der Waals surface area contributed by atoms with Gasteiger partial charge in [0.2, 0.25) is 0 Å². The summed E-state index contributed by atoms with van der Waals surface area (Å²) >= 11 is 0. The molecule has 0 saturated carbocycles. The summed E-state index contributed by atoms with van der Waals surface area (Å²) in [5, 5.41) is 0. The first-order valence-electron chi connectivity index (χ1n) is 7.41. The molecule has 0 aromatic heterocycles. The van der Waals surface area contributed by atoms with Crippen molar-refractivity contribution in [1.29, 1.82) is 0 Å². The van der Waals surface area contributed by atoms with E-state index in [1.807, 2.05) is 6.92 Å². The number of amides is 1. The number of fused-ring (bicyclic) bond motifs is 1. The van der Waals surface area contributed by atoms with E-state index >= 15 is 0 Å². The zero-order valence-corrected chi connectivity index (χ0v) is 13.2. The Kier molecular flexibility index (Phi) is 4.10. The fourth-order valence-electron chi connectivity index (χ4n) is 2.78. The predicted octanol–water partition coefficient (Wildman–Crippen LogP) is 1.24. The molecule has 0 unspecified atom stereocenters. The van der Waals surface area contributed by atoms with E-state index in [1.54, 1.807) is 12.1 Å². The van der Waals surface area contributed by atoms with Crippen molar-refractivity contribution in [2.75, 3.05) is 13.2 Å². The molecule has 0 spiro atoms. The van der Waals surface area contributed by atoms with Crippen molar-refractivity contribution in [3.8, 4) is 5.75 Å². The van der Waals surface area contributed by atoms with Crippen LogP contribution in [0.15, 0.2) is 23.1 Å². The zero-order chi connectivity index (χ0) is 15.7. The van der Waals surface area contributed by atoms with Gasteiger partial charge in [-0.2, -0.15) is 0 Å². The minimum Gasteiger partial charge on any atom is -0.493 e. The van der Waals surface area contributed by atoms with Crippen LogP contribution in [0.1, 0.15) is 25.3 Å². The molecule has 1 aromatic carbocycles. The summed E-state index contributed by atoms with van der Waals surface area (Å²) in [4.78, 5) is 12.2. The summed E-state index contributed by atoms with van der Waals surface area (Å²) < 4.78 is 37.6. The summed E-state index contributed by atoms with van der Waals surface area (Å²) in [7, 11) is -3.89. The Balaban J connectivity index is 1.79. The molecular weight excluding hydrogens is 306 g/mol. The van der Waals surface area contributed by atoms with Crippen molar-refractivity contribution in [2.24, 2.45) is 5.92 Å². The molecule has 6 nitrogen and oxygen atoms in total. The molecule has 1 fully saturated rings. The van der Waals surface area contributed by atoms with Gasteiger partial charge < -0.3 is 9.47 Å². The maximum Gasteiger partial charge on any atom is 0.264 e. The van der Waals surface area contributed by atoms with Gasteiger partial charge >= 0.3 is 0 Å². The first-order valence-corrected chi connectivity index (χ1v) is 8.90. The van der Waals surface area contributed by atoms with E-state index in [-0.39, 0.29) is 10.8 Å². The molecule has 22 heavy (non-hydrogen) atoms. The molecule has 2 heterocycles. The molecule has 2 aliphatic rings. The summed E-state index contributed by atoms with van der Waals surface area (Å²) in [6, 6.07) is 4.67. The average Bonchev–Trinajstić information content (AvgIpc) is 2.92. The van der Waals surface area contributed by atoms with Crippen LogP contribution in [-0.2, 0) is 26.0 Å². The Bertz CT molecular complexity index is 685. The highest BCUT2D eigenvalue weighted by molar-refractivity contribution is 7.90. The number of carbonyl (C=O) groups excluding carboxylic acids is 1. The molecule has 0 radical (unpaired) electrons. The van der Waals surface area contributed by atoms with Crippen molar-refractivity contribution >= 4 is 15.9 Å². The number of nitrogens with one attached hydrogen (secondary N) is 1. The lowest BCUT2D eigenvalue weighted by Crippen LogP contribution is -2.40. The minimum atomic E-state index is -3.89. The number of ether oxygens (including phenoxy) is 2. The van der Waals surface area contributed by atoms with Crippen LogP contribution in [0.5, 0.6) is 5.75 Å². The largest absolute Gasteiger partial charge is 0.493 e. The normalized spacial score (nSPS) is 24.4. The Morgan fingerprint density at radius 1 is 1.32 bits per heavy atom. The number of benzene rings is 1. The topological polar surface area (TPSA) is 81.7 Å². The lowest BCUT2D eigenvalue weighted by atomic mass is 10.0. The molecule has 1 amide bonds. The Labute approximate surface area is 129 Å². The molecular formula is C15H19NO5S. The number of hydrogen-bond donors (Lipinski definition) is 1. The molecule has 7 heteroatoms. The fraction of sp³-hybridized carbons (Fsp3) is 0.533. The van der Waals surface area contributed by atoms with Gasteiger partial charge in [-0.15, -0.1) is 0 Å². The van der Waals surface area contributed by atoms with Crippen LogP contribution < -0.4 is 9.46 Å². The van der Waals surface area contributed by atoms with Gasteiger partial charge in [0.15, 0.2) is 0 Å². The first-order chi connectivity index (χ1) is 10.5. The lowest BCUT2D eigenvalue weighted by Gasteiger charge is -2.18. The lowest BCUT2D eigenvalue weighted by molar-refractivity contribution is -0.129. The van der Waals surface area contributed by atoms with Crippen molar-refractivity contribution < 1.29 is 22.7 Å². The standard InChI is InChI=1S/C15H19NO5S/c1-10-6-8-21-14(10)15(17)16-22(18,19)12-4-5-13-11(9-12)3-2-7-20-13/h4-5,9-10,14H,2-3,6-8H2,1H3,(H,16,17)/t10-,14+/m1/s1. The third-order valence-corrected chi connectivity index (χ3v) is 5.42. The van der Waals surface area contributed by atoms with E-state index in [0.29, 0.717) is 19.0 Å². The van der Waals surface area contributed by atoms with Crippen LogP contribution in [0.25, 0.3) is 0 Å². The number of aryl methyl sites for hydroxylation is 1. The van der Waals surface area contributed by atoms with Crippen LogP contribution in [0, 0.1) is 5.92 Å². The van der Waals surface area contributed by atoms with Gasteiger partial charge in [0.25, 0.3) is 15.9 Å². The summed E-state index contributed by atoms with van der Waals surface area (Å²) in [5.41, 5.74) is 0.854. The highest BCUT2D eigenvalue weighted by atomic mass is 32.2. The van der Waals surface area contributed by atoms with E-state index in [0.717, 1.165) is 24.8 Å². The number of rotatable bonds is 3. The second-order valence-corrected chi connectivity index (χ2v) is 7.43. The molecule has 2 atom stereocenters. The van der Waals surface area contributed by atoms with E-state index in [9.17, 15) is 13.2 Å². The van der Waals surface area contributed by atoms with Crippen molar-refractivity contribution in [3.63, 3.8) is 0 Å². The predicted molar refractivity (Wildman–Crippen MR) is 79.1 cm³/mol. The molecule has 1 N–H and O–H groups in total. The SMILES string of the molecule is C[C@@H]1CCO[C@@H]1C(=O)NS(=O)(=O)c1ccc2c(c1)CCCO2. The van der Waals surface area contributed by atoms with Gasteiger partial charge in [0, 0.05) is 6.61 Å². The number of sulfonamides is 1. The average molecular weight is 325 g/mol. The third kappa shape index (κ3) is 2.96. The van der Waals surface area contributed by atoms with Crippen molar-refractivity contribution in [2.45, 2.75) is 37.2 Å². The van der Waals surface area contributed by atoms with Crippen molar-refractivity contribution in [3.05, 3.63) is 23.8 Å². The molecule has 120 valence electrons. The minimum absolute atomic E-state index is 0.0205. The van der Waals surface area contributed by atoms with Crippen LogP contribution in [0.3, 0.4) is 0 Å². The van der Waals surface area contributed by atoms with Gasteiger partial charge in [-0.1, -0.05) is 6.92 Å². The molecule has 0 aliphatic carbocycles. The second-order valence-electron chi connectivity index (χ2n) is 5.75. The Morgan fingerprint density at radius 2 is 2.14 bits per heavy atom. The van der Waals surface area contributed by atoms with Crippen molar-refractivity contribution in [1.82, 2.24) is 4.72 Å². The van der Waals surface area contributed by atoms with Crippen LogP contribution in [-0.4, -0.2) is 33.6 Å².